The molecular weight excluding hydrogens is 607 g/mol. The van der Waals surface area contributed by atoms with Crippen molar-refractivity contribution in [3.63, 3.8) is 0 Å². The number of carbonyl (C=O) groups excluding carboxylic acids is 1. The lowest BCUT2D eigenvalue weighted by molar-refractivity contribution is 0.0639. The number of aromatic nitrogens is 3. The van der Waals surface area contributed by atoms with Crippen LogP contribution in [0.3, 0.4) is 0 Å². The fourth-order valence-electron chi connectivity index (χ4n) is 5.07. The average molecular weight is 636 g/mol. The fourth-order valence-corrected chi connectivity index (χ4v) is 5.73. The third-order valence-electron chi connectivity index (χ3n) is 7.70. The molecule has 1 fully saturated rings. The number of aliphatic hydroxyl groups is 2. The number of amides is 1. The molecule has 3 N–H and O–H groups in total. The van der Waals surface area contributed by atoms with E-state index < -0.39 is 17.1 Å². The van der Waals surface area contributed by atoms with E-state index in [2.05, 4.69) is 10.4 Å². The van der Waals surface area contributed by atoms with Crippen molar-refractivity contribution >= 4 is 51.6 Å². The van der Waals surface area contributed by atoms with E-state index >= 15 is 0 Å². The number of benzene rings is 3. The van der Waals surface area contributed by atoms with Gasteiger partial charge in [-0.05, 0) is 68.1 Å². The molecule has 5 aromatic rings. The van der Waals surface area contributed by atoms with Gasteiger partial charge in [-0.1, -0.05) is 77.3 Å². The van der Waals surface area contributed by atoms with Crippen LogP contribution in [0.1, 0.15) is 59.9 Å². The number of rotatable bonds is 8. The highest BCUT2D eigenvalue weighted by molar-refractivity contribution is 6.43. The number of halogens is 3. The molecule has 1 atom stereocenters. The highest BCUT2D eigenvalue weighted by Crippen LogP contribution is 2.38. The first-order chi connectivity index (χ1) is 20.4. The Morgan fingerprint density at radius 2 is 1.70 bits per heavy atom. The van der Waals surface area contributed by atoms with Crippen LogP contribution in [-0.4, -0.2) is 37.4 Å². The Balaban J connectivity index is 1.40. The van der Waals surface area contributed by atoms with Crippen LogP contribution in [0.15, 0.2) is 79.0 Å². The van der Waals surface area contributed by atoms with Gasteiger partial charge in [0.1, 0.15) is 11.1 Å². The number of hydrogen-bond acceptors (Lipinski definition) is 5. The zero-order chi connectivity index (χ0) is 30.5. The van der Waals surface area contributed by atoms with E-state index in [1.807, 2.05) is 16.9 Å². The van der Waals surface area contributed by atoms with Crippen molar-refractivity contribution in [2.75, 3.05) is 6.54 Å². The van der Waals surface area contributed by atoms with Crippen molar-refractivity contribution in [3.8, 4) is 11.3 Å². The molecule has 6 rings (SSSR count). The Morgan fingerprint density at radius 3 is 2.40 bits per heavy atom. The van der Waals surface area contributed by atoms with Crippen molar-refractivity contribution in [3.05, 3.63) is 116 Å². The lowest BCUT2D eigenvalue weighted by Crippen LogP contribution is -2.42. The molecular formula is C33H29Cl3N4O3. The van der Waals surface area contributed by atoms with E-state index in [4.69, 9.17) is 39.8 Å². The monoisotopic (exact) mass is 634 g/mol. The maximum absolute atomic E-state index is 13.5. The van der Waals surface area contributed by atoms with Gasteiger partial charge in [0.2, 0.25) is 0 Å². The zero-order valence-corrected chi connectivity index (χ0v) is 25.8. The Kier molecular flexibility index (Phi) is 7.73. The van der Waals surface area contributed by atoms with Crippen molar-refractivity contribution in [2.45, 2.75) is 43.9 Å². The van der Waals surface area contributed by atoms with Gasteiger partial charge in [-0.15, -0.1) is 0 Å². The molecule has 1 aliphatic carbocycles. The summed E-state index contributed by atoms with van der Waals surface area (Å²) in [6.45, 7) is 3.06. The third-order valence-corrected chi connectivity index (χ3v) is 8.81. The predicted octanol–water partition coefficient (Wildman–Crippen LogP) is 7.29. The number of nitrogens with zero attached hydrogens (tertiary/aromatic N) is 3. The summed E-state index contributed by atoms with van der Waals surface area (Å²) in [5.74, 6) is -0.422. The first kappa shape index (κ1) is 29.6. The van der Waals surface area contributed by atoms with Crippen LogP contribution in [0.2, 0.25) is 15.1 Å². The van der Waals surface area contributed by atoms with Gasteiger partial charge < -0.3 is 15.5 Å². The molecule has 0 spiro atoms. The summed E-state index contributed by atoms with van der Waals surface area (Å²) in [7, 11) is 0. The molecule has 1 amide bonds. The molecule has 7 nitrogen and oxygen atoms in total. The molecule has 0 unspecified atom stereocenters. The number of carbonyl (C=O) groups is 1. The Hall–Kier alpha value is -3.46. The molecule has 1 saturated carbocycles. The van der Waals surface area contributed by atoms with Gasteiger partial charge in [0, 0.05) is 22.7 Å². The topological polar surface area (TPSA) is 100 Å². The maximum Gasteiger partial charge on any atom is 0.251 e. The standard InChI is InChI=1S/C33H29Cl3N4O3/c1-32(2,42)22-15-27(24-9-6-10-25(34)29(24)36)38-28(16-22)33(43,21-7-4-3-5-8-21)18-37-31(41)19-13-20-17-40(23-11-12-23)39-30(20)26(35)14-19/h3-10,13-17,23,42-43H,11-12,18H2,1-2H3,(H,37,41)/t33-/m1/s1. The molecule has 0 saturated heterocycles. The quantitative estimate of drug-likeness (QED) is 0.166. The van der Waals surface area contributed by atoms with Gasteiger partial charge in [0.15, 0.2) is 0 Å². The molecule has 3 aromatic carbocycles. The summed E-state index contributed by atoms with van der Waals surface area (Å²) in [5, 5.41) is 32.6. The maximum atomic E-state index is 13.5. The molecule has 1 aliphatic rings. The summed E-state index contributed by atoms with van der Waals surface area (Å²) in [6, 6.07) is 21.2. The van der Waals surface area contributed by atoms with Crippen LogP contribution in [0.25, 0.3) is 22.2 Å². The van der Waals surface area contributed by atoms with Gasteiger partial charge in [-0.2, -0.15) is 5.10 Å². The van der Waals surface area contributed by atoms with Gasteiger partial charge in [0.05, 0.1) is 44.6 Å². The van der Waals surface area contributed by atoms with Gasteiger partial charge in [-0.3, -0.25) is 9.48 Å². The van der Waals surface area contributed by atoms with Crippen LogP contribution < -0.4 is 5.32 Å². The number of nitrogens with one attached hydrogen (secondary N) is 1. The second-order valence-corrected chi connectivity index (χ2v) is 12.6. The van der Waals surface area contributed by atoms with E-state index in [0.717, 1.165) is 18.2 Å². The Morgan fingerprint density at radius 1 is 0.953 bits per heavy atom. The third kappa shape index (κ3) is 5.88. The van der Waals surface area contributed by atoms with Crippen molar-refractivity contribution in [1.29, 1.82) is 0 Å². The fraction of sp³-hybridized carbons (Fsp3) is 0.242. The minimum absolute atomic E-state index is 0.212. The van der Waals surface area contributed by atoms with Crippen LogP contribution in [0, 0.1) is 0 Å². The Labute approximate surface area is 264 Å². The first-order valence-electron chi connectivity index (χ1n) is 13.9. The van der Waals surface area contributed by atoms with E-state index in [1.165, 1.54) is 0 Å². The molecule has 43 heavy (non-hydrogen) atoms. The number of fused-ring (bicyclic) bond motifs is 1. The van der Waals surface area contributed by atoms with Crippen LogP contribution in [0.4, 0.5) is 0 Å². The molecule has 10 heteroatoms. The number of hydrogen-bond donors (Lipinski definition) is 3. The molecule has 2 heterocycles. The first-order valence-corrected chi connectivity index (χ1v) is 15.0. The van der Waals surface area contributed by atoms with E-state index in [0.29, 0.717) is 54.6 Å². The lowest BCUT2D eigenvalue weighted by Gasteiger charge is -2.31. The van der Waals surface area contributed by atoms with Crippen molar-refractivity contribution in [2.24, 2.45) is 0 Å². The predicted molar refractivity (Wildman–Crippen MR) is 170 cm³/mol. The van der Waals surface area contributed by atoms with Crippen LogP contribution in [0.5, 0.6) is 0 Å². The van der Waals surface area contributed by atoms with Crippen LogP contribution in [-0.2, 0) is 11.2 Å². The summed E-state index contributed by atoms with van der Waals surface area (Å²) >= 11 is 19.4. The summed E-state index contributed by atoms with van der Waals surface area (Å²) in [5.41, 5.74) is 0.0657. The smallest absolute Gasteiger partial charge is 0.251 e. The van der Waals surface area contributed by atoms with Crippen molar-refractivity contribution < 1.29 is 15.0 Å². The number of pyridine rings is 1. The van der Waals surface area contributed by atoms with E-state index in [9.17, 15) is 15.0 Å². The second kappa shape index (κ2) is 11.2. The summed E-state index contributed by atoms with van der Waals surface area (Å²) in [4.78, 5) is 18.3. The SMILES string of the molecule is CC(C)(O)c1cc(-c2cccc(Cl)c2Cl)nc([C@@](O)(CNC(=O)c2cc(Cl)c3nn(C4CC4)cc3c2)c2ccccc2)c1. The molecule has 0 radical (unpaired) electrons. The van der Waals surface area contributed by atoms with Crippen molar-refractivity contribution in [1.82, 2.24) is 20.1 Å². The van der Waals surface area contributed by atoms with E-state index in [-0.39, 0.29) is 12.2 Å². The molecule has 2 aromatic heterocycles. The highest BCUT2D eigenvalue weighted by Gasteiger charge is 2.36. The minimum atomic E-state index is -1.79. The largest absolute Gasteiger partial charge is 0.386 e. The summed E-state index contributed by atoms with van der Waals surface area (Å²) in [6.07, 6.45) is 4.06. The van der Waals surface area contributed by atoms with Gasteiger partial charge in [0.25, 0.3) is 5.91 Å². The molecule has 220 valence electrons. The molecule has 0 aliphatic heterocycles. The average Bonchev–Trinajstić information content (AvgIpc) is 3.75. The lowest BCUT2D eigenvalue weighted by atomic mass is 9.86. The Bertz CT molecular complexity index is 1850. The molecule has 0 bridgehead atoms. The summed E-state index contributed by atoms with van der Waals surface area (Å²) < 4.78 is 1.90. The zero-order valence-electron chi connectivity index (χ0n) is 23.5. The van der Waals surface area contributed by atoms with Gasteiger partial charge in [-0.25, -0.2) is 4.98 Å². The normalized spacial score (nSPS) is 15.0. The second-order valence-electron chi connectivity index (χ2n) is 11.4. The highest BCUT2D eigenvalue weighted by atomic mass is 35.5. The minimum Gasteiger partial charge on any atom is -0.386 e. The van der Waals surface area contributed by atoms with Crippen LogP contribution >= 0.6 is 34.8 Å². The van der Waals surface area contributed by atoms with E-state index in [1.54, 1.807) is 80.6 Å². The van der Waals surface area contributed by atoms with Gasteiger partial charge >= 0.3 is 0 Å².